The van der Waals surface area contributed by atoms with Crippen molar-refractivity contribution < 1.29 is 17.6 Å². The molecule has 0 aliphatic heterocycles. The van der Waals surface area contributed by atoms with Crippen LogP contribution in [0.3, 0.4) is 0 Å². The summed E-state index contributed by atoms with van der Waals surface area (Å²) in [5.41, 5.74) is 0.788. The molecular weight excluding hydrogens is 340 g/mol. The smallest absolute Gasteiger partial charge is 0.195 e. The lowest BCUT2D eigenvalue weighted by Crippen LogP contribution is -2.30. The van der Waals surface area contributed by atoms with Crippen molar-refractivity contribution in [3.63, 3.8) is 0 Å². The van der Waals surface area contributed by atoms with Crippen LogP contribution in [0, 0.1) is 41.0 Å². The maximum absolute atomic E-state index is 14.5. The molecule has 2 saturated carbocycles. The molecule has 0 nitrogen and oxygen atoms in total. The van der Waals surface area contributed by atoms with Crippen LogP contribution < -0.4 is 0 Å². The van der Waals surface area contributed by atoms with E-state index in [4.69, 9.17) is 0 Å². The van der Waals surface area contributed by atoms with E-state index in [9.17, 15) is 17.6 Å². The molecule has 2 aromatic carbocycles. The third-order valence-corrected chi connectivity index (χ3v) is 6.82. The average molecular weight is 364 g/mol. The summed E-state index contributed by atoms with van der Waals surface area (Å²) < 4.78 is 55.4. The normalized spacial score (nSPS) is 29.0. The molecule has 0 radical (unpaired) electrons. The van der Waals surface area contributed by atoms with Crippen LogP contribution in [0.2, 0.25) is 0 Å². The molecule has 2 unspecified atom stereocenters. The highest BCUT2D eigenvalue weighted by Gasteiger charge is 2.35. The minimum absolute atomic E-state index is 0.105. The van der Waals surface area contributed by atoms with Crippen molar-refractivity contribution in [3.8, 4) is 0 Å². The van der Waals surface area contributed by atoms with Crippen LogP contribution in [-0.4, -0.2) is 0 Å². The second-order valence-corrected chi connectivity index (χ2v) is 8.20. The predicted octanol–water partition coefficient (Wildman–Crippen LogP) is 7.11. The van der Waals surface area contributed by atoms with Gasteiger partial charge in [0, 0.05) is 0 Å². The number of benzene rings is 2. The fraction of sp³-hybridized carbons (Fsp3) is 0.545. The van der Waals surface area contributed by atoms with E-state index in [0.29, 0.717) is 5.92 Å². The summed E-state index contributed by atoms with van der Waals surface area (Å²) in [7, 11) is 0. The Morgan fingerprint density at radius 3 is 2.31 bits per heavy atom. The maximum atomic E-state index is 14.5. The van der Waals surface area contributed by atoms with Crippen molar-refractivity contribution in [2.75, 3.05) is 0 Å². The van der Waals surface area contributed by atoms with E-state index in [1.54, 1.807) is 6.07 Å². The molecule has 0 amide bonds. The van der Waals surface area contributed by atoms with Gasteiger partial charge >= 0.3 is 0 Å². The van der Waals surface area contributed by atoms with Gasteiger partial charge in [0.1, 0.15) is 5.82 Å². The molecule has 26 heavy (non-hydrogen) atoms. The van der Waals surface area contributed by atoms with E-state index < -0.39 is 28.7 Å². The van der Waals surface area contributed by atoms with Crippen LogP contribution in [0.1, 0.15) is 63.4 Å². The van der Waals surface area contributed by atoms with Crippen LogP contribution in [0.5, 0.6) is 0 Å². The minimum Gasteiger partial charge on any atom is -0.206 e. The van der Waals surface area contributed by atoms with Gasteiger partial charge in [0.05, 0.1) is 5.39 Å². The molecule has 0 saturated heterocycles. The van der Waals surface area contributed by atoms with Crippen LogP contribution >= 0.6 is 0 Å². The Balaban J connectivity index is 1.63. The van der Waals surface area contributed by atoms with Gasteiger partial charge in [-0.05, 0) is 78.9 Å². The standard InChI is InChI=1S/C22H24F4/c1-2-12-3-4-14-8-15(6-5-13(14)7-12)16-9-17-11-19(24)21(25)22(26)20(17)18(23)10-16/h9-15H,2-8H2,1H3/t12-,13?,14-,15?/m1/s1. The van der Waals surface area contributed by atoms with E-state index in [1.807, 2.05) is 0 Å². The van der Waals surface area contributed by atoms with Gasteiger partial charge in [0.25, 0.3) is 0 Å². The molecule has 4 rings (SSSR count). The van der Waals surface area contributed by atoms with Gasteiger partial charge in [0.2, 0.25) is 0 Å². The van der Waals surface area contributed by atoms with Gasteiger partial charge in [-0.2, -0.15) is 0 Å². The predicted molar refractivity (Wildman–Crippen MR) is 95.0 cm³/mol. The Bertz CT molecular complexity index is 829. The molecule has 4 heteroatoms. The fourth-order valence-corrected chi connectivity index (χ4v) is 5.31. The summed E-state index contributed by atoms with van der Waals surface area (Å²) in [5, 5.41) is -0.349. The molecule has 2 aliphatic rings. The molecule has 0 aromatic heterocycles. The largest absolute Gasteiger partial charge is 0.206 e. The van der Waals surface area contributed by atoms with E-state index in [-0.39, 0.29) is 11.3 Å². The van der Waals surface area contributed by atoms with Gasteiger partial charge in [-0.3, -0.25) is 0 Å². The van der Waals surface area contributed by atoms with Crippen LogP contribution in [-0.2, 0) is 0 Å². The summed E-state index contributed by atoms with van der Waals surface area (Å²) in [5.74, 6) is -2.64. The third-order valence-electron chi connectivity index (χ3n) is 6.82. The molecule has 4 atom stereocenters. The van der Waals surface area contributed by atoms with E-state index in [0.717, 1.165) is 42.7 Å². The monoisotopic (exact) mass is 364 g/mol. The van der Waals surface area contributed by atoms with Crippen molar-refractivity contribution in [2.24, 2.45) is 17.8 Å². The zero-order chi connectivity index (χ0) is 18.4. The van der Waals surface area contributed by atoms with Gasteiger partial charge in [-0.25, -0.2) is 17.6 Å². The number of fused-ring (bicyclic) bond motifs is 2. The van der Waals surface area contributed by atoms with E-state index in [1.165, 1.54) is 31.7 Å². The van der Waals surface area contributed by atoms with Crippen LogP contribution in [0.4, 0.5) is 17.6 Å². The first-order chi connectivity index (χ1) is 12.5. The Hall–Kier alpha value is -1.58. The molecule has 2 aromatic rings. The summed E-state index contributed by atoms with van der Waals surface area (Å²) in [6.07, 6.45) is 8.17. The van der Waals surface area contributed by atoms with Crippen molar-refractivity contribution >= 4 is 10.8 Å². The first kappa shape index (κ1) is 17.8. The van der Waals surface area contributed by atoms with Crippen LogP contribution in [0.15, 0.2) is 18.2 Å². The summed E-state index contributed by atoms with van der Waals surface area (Å²) in [4.78, 5) is 0. The molecule has 2 aliphatic carbocycles. The zero-order valence-electron chi connectivity index (χ0n) is 15.0. The molecular formula is C22H24F4. The van der Waals surface area contributed by atoms with Gasteiger partial charge in [-0.15, -0.1) is 0 Å². The lowest BCUT2D eigenvalue weighted by molar-refractivity contribution is 0.116. The van der Waals surface area contributed by atoms with E-state index in [2.05, 4.69) is 6.92 Å². The lowest BCUT2D eigenvalue weighted by atomic mass is 9.63. The van der Waals surface area contributed by atoms with Crippen molar-refractivity contribution in [1.82, 2.24) is 0 Å². The summed E-state index contributed by atoms with van der Waals surface area (Å²) in [6.45, 7) is 2.26. The molecule has 140 valence electrons. The fourth-order valence-electron chi connectivity index (χ4n) is 5.31. The average Bonchev–Trinajstić information content (AvgIpc) is 2.64. The highest BCUT2D eigenvalue weighted by Crippen LogP contribution is 2.48. The lowest BCUT2D eigenvalue weighted by Gasteiger charge is -2.42. The second-order valence-electron chi connectivity index (χ2n) is 8.20. The highest BCUT2D eigenvalue weighted by molar-refractivity contribution is 5.84. The quantitative estimate of drug-likeness (QED) is 0.393. The maximum Gasteiger partial charge on any atom is 0.195 e. The molecule has 0 heterocycles. The summed E-state index contributed by atoms with van der Waals surface area (Å²) in [6, 6.07) is 3.87. The number of hydrogen-bond acceptors (Lipinski definition) is 0. The van der Waals surface area contributed by atoms with Gasteiger partial charge in [-0.1, -0.05) is 25.8 Å². The van der Waals surface area contributed by atoms with Crippen molar-refractivity contribution in [1.29, 1.82) is 0 Å². The summed E-state index contributed by atoms with van der Waals surface area (Å²) >= 11 is 0. The van der Waals surface area contributed by atoms with Crippen molar-refractivity contribution in [3.05, 3.63) is 47.0 Å². The highest BCUT2D eigenvalue weighted by atomic mass is 19.2. The Morgan fingerprint density at radius 1 is 0.808 bits per heavy atom. The Labute approximate surface area is 151 Å². The number of rotatable bonds is 2. The second kappa shape index (κ2) is 6.86. The first-order valence-corrected chi connectivity index (χ1v) is 9.74. The molecule has 0 bridgehead atoms. The van der Waals surface area contributed by atoms with E-state index >= 15 is 0 Å². The number of halogens is 4. The van der Waals surface area contributed by atoms with Crippen molar-refractivity contribution in [2.45, 2.75) is 57.8 Å². The van der Waals surface area contributed by atoms with Crippen LogP contribution in [0.25, 0.3) is 10.8 Å². The zero-order valence-corrected chi connectivity index (χ0v) is 15.0. The molecule has 0 spiro atoms. The Morgan fingerprint density at radius 2 is 1.54 bits per heavy atom. The third kappa shape index (κ3) is 3.01. The topological polar surface area (TPSA) is 0 Å². The molecule has 0 N–H and O–H groups in total. The minimum atomic E-state index is -1.61. The Kier molecular flexibility index (Phi) is 4.70. The first-order valence-electron chi connectivity index (χ1n) is 9.74. The number of hydrogen-bond donors (Lipinski definition) is 0. The molecule has 2 fully saturated rings. The SMILES string of the molecule is CC[C@@H]1CC[C@@H]2CC(c3cc(F)c4c(F)c(F)c(F)cc4c3)CCC2C1. The van der Waals surface area contributed by atoms with Gasteiger partial charge < -0.3 is 0 Å². The van der Waals surface area contributed by atoms with Gasteiger partial charge in [0.15, 0.2) is 17.5 Å².